The quantitative estimate of drug-likeness (QED) is 0.273. The Kier molecular flexibility index (Phi) is 6.63. The molecule has 166 valence electrons. The van der Waals surface area contributed by atoms with E-state index < -0.39 is 29.4 Å². The van der Waals surface area contributed by atoms with Crippen molar-refractivity contribution in [3.8, 4) is 0 Å². The number of anilines is 2. The van der Waals surface area contributed by atoms with Crippen molar-refractivity contribution >= 4 is 40.5 Å². The van der Waals surface area contributed by atoms with Crippen LogP contribution < -0.4 is 21.9 Å². The molecule has 1 aromatic carbocycles. The Bertz CT molecular complexity index is 1220. The number of nitrogens with zero attached hydrogens (tertiary/aromatic N) is 2. The van der Waals surface area contributed by atoms with Crippen LogP contribution in [0, 0.1) is 0 Å². The summed E-state index contributed by atoms with van der Waals surface area (Å²) in [6, 6.07) is 6.71. The fourth-order valence-corrected chi connectivity index (χ4v) is 2.88. The van der Waals surface area contributed by atoms with Gasteiger partial charge in [0.1, 0.15) is 6.04 Å². The van der Waals surface area contributed by atoms with Crippen LogP contribution in [0.3, 0.4) is 0 Å². The minimum atomic E-state index is -1.30. The van der Waals surface area contributed by atoms with E-state index in [4.69, 9.17) is 15.9 Å². The molecule has 0 aliphatic carbocycles. The van der Waals surface area contributed by atoms with E-state index in [2.05, 4.69) is 25.6 Å². The molecule has 32 heavy (non-hydrogen) atoms. The molecule has 0 radical (unpaired) electrons. The Morgan fingerprint density at radius 1 is 1.16 bits per heavy atom. The van der Waals surface area contributed by atoms with E-state index in [9.17, 15) is 19.2 Å². The van der Waals surface area contributed by atoms with Gasteiger partial charge in [-0.05, 0) is 30.2 Å². The minimum absolute atomic E-state index is 0.0172. The van der Waals surface area contributed by atoms with Gasteiger partial charge in [-0.15, -0.1) is 0 Å². The molecule has 1 amide bonds. The van der Waals surface area contributed by atoms with E-state index in [1.165, 1.54) is 18.3 Å². The maximum Gasteiger partial charge on any atom is 0.326 e. The van der Waals surface area contributed by atoms with Gasteiger partial charge in [0, 0.05) is 18.5 Å². The van der Waals surface area contributed by atoms with Gasteiger partial charge in [0.15, 0.2) is 5.65 Å². The Hall–Kier alpha value is -4.48. The number of nitrogens with two attached hydrogens (primary N) is 1. The van der Waals surface area contributed by atoms with Crippen molar-refractivity contribution < 1.29 is 24.6 Å². The van der Waals surface area contributed by atoms with Crippen molar-refractivity contribution in [2.24, 2.45) is 0 Å². The van der Waals surface area contributed by atoms with E-state index in [0.717, 1.165) is 5.56 Å². The summed E-state index contributed by atoms with van der Waals surface area (Å²) < 4.78 is 0. The molecule has 12 heteroatoms. The third kappa shape index (κ3) is 5.56. The number of pyridine rings is 1. The highest BCUT2D eigenvalue weighted by molar-refractivity contribution is 5.96. The first kappa shape index (κ1) is 22.2. The van der Waals surface area contributed by atoms with E-state index in [1.807, 2.05) is 0 Å². The van der Waals surface area contributed by atoms with Gasteiger partial charge in [-0.25, -0.2) is 9.78 Å². The smallest absolute Gasteiger partial charge is 0.326 e. The molecular formula is C20H20N6O6. The van der Waals surface area contributed by atoms with E-state index in [1.54, 1.807) is 18.2 Å². The number of carboxylic acids is 2. The first-order chi connectivity index (χ1) is 15.2. The van der Waals surface area contributed by atoms with Crippen LogP contribution in [-0.2, 0) is 16.1 Å². The lowest BCUT2D eigenvalue weighted by atomic mass is 10.1. The number of aromatic amines is 1. The van der Waals surface area contributed by atoms with Crippen molar-refractivity contribution in [2.45, 2.75) is 25.4 Å². The zero-order chi connectivity index (χ0) is 23.3. The maximum absolute atomic E-state index is 12.3. The lowest BCUT2D eigenvalue weighted by Crippen LogP contribution is -2.41. The highest BCUT2D eigenvalue weighted by atomic mass is 16.4. The second-order valence-corrected chi connectivity index (χ2v) is 6.89. The van der Waals surface area contributed by atoms with Crippen LogP contribution in [0.15, 0.2) is 41.3 Å². The van der Waals surface area contributed by atoms with E-state index in [-0.39, 0.29) is 35.4 Å². The van der Waals surface area contributed by atoms with Crippen LogP contribution >= 0.6 is 0 Å². The van der Waals surface area contributed by atoms with Crippen LogP contribution in [-0.4, -0.2) is 49.1 Å². The van der Waals surface area contributed by atoms with Crippen LogP contribution in [0.2, 0.25) is 0 Å². The normalized spacial score (nSPS) is 11.6. The number of hydrogen-bond acceptors (Lipinski definition) is 8. The molecule has 7 N–H and O–H groups in total. The first-order valence-corrected chi connectivity index (χ1v) is 9.47. The predicted octanol–water partition coefficient (Wildman–Crippen LogP) is 0.560. The second kappa shape index (κ2) is 9.55. The summed E-state index contributed by atoms with van der Waals surface area (Å²) in [4.78, 5) is 56.6. The summed E-state index contributed by atoms with van der Waals surface area (Å²) >= 11 is 0. The maximum atomic E-state index is 12.3. The summed E-state index contributed by atoms with van der Waals surface area (Å²) in [7, 11) is 0. The Labute approximate surface area is 180 Å². The molecule has 3 rings (SSSR count). The van der Waals surface area contributed by atoms with Crippen LogP contribution in [0.5, 0.6) is 0 Å². The number of nitrogen functional groups attached to an aromatic ring is 1. The largest absolute Gasteiger partial charge is 0.481 e. The zero-order valence-corrected chi connectivity index (χ0v) is 16.7. The Balaban J connectivity index is 1.62. The van der Waals surface area contributed by atoms with Gasteiger partial charge in [0.25, 0.3) is 11.5 Å². The number of fused-ring (bicyclic) bond motifs is 1. The lowest BCUT2D eigenvalue weighted by Gasteiger charge is -2.14. The number of carboxylic acid groups (broad SMARTS) is 2. The van der Waals surface area contributed by atoms with Gasteiger partial charge in [-0.2, -0.15) is 4.98 Å². The van der Waals surface area contributed by atoms with Crippen molar-refractivity contribution in [3.05, 3.63) is 58.0 Å². The van der Waals surface area contributed by atoms with Crippen LogP contribution in [0.1, 0.15) is 28.8 Å². The monoisotopic (exact) mass is 440 g/mol. The highest BCUT2D eigenvalue weighted by Crippen LogP contribution is 2.14. The SMILES string of the molecule is Nc1nc2ncc(NCc3ccc(C(=O)NC(CCC(=O)O)C(=O)O)cc3)cc2c(=O)[nH]1. The molecule has 0 saturated carbocycles. The first-order valence-electron chi connectivity index (χ1n) is 9.47. The molecule has 0 bridgehead atoms. The van der Waals surface area contributed by atoms with Gasteiger partial charge >= 0.3 is 11.9 Å². The molecule has 0 fully saturated rings. The number of carbonyl (C=O) groups is 3. The van der Waals surface area contributed by atoms with E-state index in [0.29, 0.717) is 12.2 Å². The molecule has 3 aromatic rings. The van der Waals surface area contributed by atoms with Crippen LogP contribution in [0.4, 0.5) is 11.6 Å². The molecule has 12 nitrogen and oxygen atoms in total. The average Bonchev–Trinajstić information content (AvgIpc) is 2.75. The number of H-pyrrole nitrogens is 1. The molecule has 2 aromatic heterocycles. The Morgan fingerprint density at radius 2 is 1.88 bits per heavy atom. The molecule has 0 spiro atoms. The number of benzene rings is 1. The molecule has 1 unspecified atom stereocenters. The molecular weight excluding hydrogens is 420 g/mol. The lowest BCUT2D eigenvalue weighted by molar-refractivity contribution is -0.140. The zero-order valence-electron chi connectivity index (χ0n) is 16.7. The number of aromatic nitrogens is 3. The number of rotatable bonds is 9. The summed E-state index contributed by atoms with van der Waals surface area (Å²) in [5.41, 5.74) is 6.95. The molecule has 0 aliphatic rings. The second-order valence-electron chi connectivity index (χ2n) is 6.89. The number of carbonyl (C=O) groups excluding carboxylic acids is 1. The summed E-state index contributed by atoms with van der Waals surface area (Å²) in [5, 5.41) is 23.6. The van der Waals surface area contributed by atoms with Gasteiger partial charge in [-0.1, -0.05) is 12.1 Å². The van der Waals surface area contributed by atoms with Gasteiger partial charge in [0.05, 0.1) is 17.3 Å². The minimum Gasteiger partial charge on any atom is -0.481 e. The third-order valence-electron chi connectivity index (χ3n) is 4.54. The van der Waals surface area contributed by atoms with Crippen molar-refractivity contribution in [3.63, 3.8) is 0 Å². The van der Waals surface area contributed by atoms with Crippen molar-refractivity contribution in [1.82, 2.24) is 20.3 Å². The predicted molar refractivity (Wildman–Crippen MR) is 114 cm³/mol. The third-order valence-corrected chi connectivity index (χ3v) is 4.54. The van der Waals surface area contributed by atoms with Crippen molar-refractivity contribution in [1.29, 1.82) is 0 Å². The molecule has 2 heterocycles. The summed E-state index contributed by atoms with van der Waals surface area (Å²) in [6.07, 6.45) is 0.920. The van der Waals surface area contributed by atoms with Gasteiger partial charge < -0.3 is 26.6 Å². The average molecular weight is 440 g/mol. The number of nitrogens with one attached hydrogen (secondary N) is 3. The molecule has 1 atom stereocenters. The molecule has 0 saturated heterocycles. The van der Waals surface area contributed by atoms with Gasteiger partial charge in [-0.3, -0.25) is 19.4 Å². The summed E-state index contributed by atoms with van der Waals surface area (Å²) in [5.74, 6) is -3.08. The van der Waals surface area contributed by atoms with Crippen molar-refractivity contribution in [2.75, 3.05) is 11.1 Å². The van der Waals surface area contributed by atoms with E-state index >= 15 is 0 Å². The number of hydrogen-bond donors (Lipinski definition) is 6. The molecule has 0 aliphatic heterocycles. The van der Waals surface area contributed by atoms with Gasteiger partial charge in [0.2, 0.25) is 5.95 Å². The van der Waals surface area contributed by atoms with Crippen LogP contribution in [0.25, 0.3) is 11.0 Å². The number of aliphatic carboxylic acids is 2. The fraction of sp³-hybridized carbons (Fsp3) is 0.200. The number of amides is 1. The Morgan fingerprint density at radius 3 is 2.53 bits per heavy atom. The topological polar surface area (TPSA) is 200 Å². The standard InChI is InChI=1S/C20H20N6O6/c21-20-25-16-13(18(30)26-20)7-12(9-23-16)22-8-10-1-3-11(4-2-10)17(29)24-14(19(31)32)5-6-15(27)28/h1-4,7,9,14,22H,5-6,8H2,(H,24,29)(H,27,28)(H,31,32)(H3,21,23,25,26,30). The fourth-order valence-electron chi connectivity index (χ4n) is 2.88. The highest BCUT2D eigenvalue weighted by Gasteiger charge is 2.21. The summed E-state index contributed by atoms with van der Waals surface area (Å²) in [6.45, 7) is 0.367.